The van der Waals surface area contributed by atoms with Crippen molar-refractivity contribution < 1.29 is 14.4 Å². The number of benzene rings is 2. The Labute approximate surface area is 202 Å². The highest BCUT2D eigenvalue weighted by Crippen LogP contribution is 2.43. The van der Waals surface area contributed by atoms with E-state index in [9.17, 15) is 9.90 Å². The van der Waals surface area contributed by atoms with Crippen molar-refractivity contribution in [3.8, 4) is 28.2 Å². The molecule has 0 atom stereocenters. The third-order valence-electron chi connectivity index (χ3n) is 5.74. The molecule has 4 rings (SSSR count). The molecule has 1 aliphatic heterocycles. The first-order valence-corrected chi connectivity index (χ1v) is 11.7. The lowest BCUT2D eigenvalue weighted by Gasteiger charge is -2.26. The molecule has 0 spiro atoms. The minimum absolute atomic E-state index is 0.0404. The van der Waals surface area contributed by atoms with Gasteiger partial charge in [0.05, 0.1) is 21.3 Å². The molecule has 1 fully saturated rings. The molecule has 2 heterocycles. The number of aromatic hydroxyl groups is 1. The predicted molar refractivity (Wildman–Crippen MR) is 132 cm³/mol. The van der Waals surface area contributed by atoms with Crippen LogP contribution in [0.25, 0.3) is 22.5 Å². The molecule has 1 amide bonds. The quantitative estimate of drug-likeness (QED) is 0.424. The summed E-state index contributed by atoms with van der Waals surface area (Å²) in [5.74, 6) is 1.26. The summed E-state index contributed by atoms with van der Waals surface area (Å²) < 4.78 is 5.56. The zero-order chi connectivity index (χ0) is 23.4. The number of unbranched alkanes of at least 4 members (excludes halogenated alkanes) is 1. The third-order valence-corrected chi connectivity index (χ3v) is 6.31. The van der Waals surface area contributed by atoms with Crippen molar-refractivity contribution in [1.29, 1.82) is 0 Å². The smallest absolute Gasteiger partial charge is 0.214 e. The number of para-hydroxylation sites is 1. The van der Waals surface area contributed by atoms with Gasteiger partial charge in [-0.15, -0.1) is 0 Å². The van der Waals surface area contributed by atoms with Crippen LogP contribution in [0.2, 0.25) is 10.0 Å². The van der Waals surface area contributed by atoms with Crippen LogP contribution < -0.4 is 15.1 Å². The molecule has 9 heteroatoms. The zero-order valence-electron chi connectivity index (χ0n) is 18.4. The van der Waals surface area contributed by atoms with Crippen molar-refractivity contribution >= 4 is 41.1 Å². The first-order valence-electron chi connectivity index (χ1n) is 11.0. The number of carbonyl (C=O) groups is 1. The van der Waals surface area contributed by atoms with E-state index in [0.29, 0.717) is 44.7 Å². The number of piperazine rings is 1. The molecule has 7 nitrogen and oxygen atoms in total. The minimum Gasteiger partial charge on any atom is -0.507 e. The predicted octanol–water partition coefficient (Wildman–Crippen LogP) is 5.19. The number of rotatable bonds is 8. The Morgan fingerprint density at radius 2 is 1.88 bits per heavy atom. The SMILES string of the molecule is CCCCN(C=O)c1c(Cl)cc(-c2cccc(-c3cc(N4CCNCC4)no3)c2O)cc1Cl. The number of carbonyl (C=O) groups excluding carboxylic acids is 1. The van der Waals surface area contributed by atoms with Gasteiger partial charge in [0.15, 0.2) is 11.6 Å². The fourth-order valence-electron chi connectivity index (χ4n) is 3.95. The highest BCUT2D eigenvalue weighted by atomic mass is 35.5. The van der Waals surface area contributed by atoms with Crippen LogP contribution in [-0.2, 0) is 4.79 Å². The normalized spacial score (nSPS) is 13.8. The monoisotopic (exact) mass is 488 g/mol. The molecule has 0 saturated carbocycles. The Morgan fingerprint density at radius 1 is 1.18 bits per heavy atom. The molecule has 33 heavy (non-hydrogen) atoms. The van der Waals surface area contributed by atoms with Crippen molar-refractivity contribution in [1.82, 2.24) is 10.5 Å². The van der Waals surface area contributed by atoms with E-state index in [1.165, 1.54) is 4.90 Å². The van der Waals surface area contributed by atoms with Crippen LogP contribution in [0.5, 0.6) is 5.75 Å². The summed E-state index contributed by atoms with van der Waals surface area (Å²) in [5.41, 5.74) is 2.18. The van der Waals surface area contributed by atoms with E-state index in [2.05, 4.69) is 15.4 Å². The Morgan fingerprint density at radius 3 is 2.55 bits per heavy atom. The molecule has 174 valence electrons. The van der Waals surface area contributed by atoms with Gasteiger partial charge < -0.3 is 24.7 Å². The van der Waals surface area contributed by atoms with Gasteiger partial charge in [0, 0.05) is 44.4 Å². The molecule has 0 unspecified atom stereocenters. The number of phenolic OH excluding ortho intramolecular Hbond substituents is 1. The van der Waals surface area contributed by atoms with Gasteiger partial charge in [0.25, 0.3) is 0 Å². The maximum atomic E-state index is 11.6. The third kappa shape index (κ3) is 4.95. The number of anilines is 2. The van der Waals surface area contributed by atoms with Gasteiger partial charge in [-0.05, 0) is 30.2 Å². The lowest BCUT2D eigenvalue weighted by Crippen LogP contribution is -2.43. The second kappa shape index (κ2) is 10.5. The van der Waals surface area contributed by atoms with Gasteiger partial charge in [-0.1, -0.05) is 53.8 Å². The van der Waals surface area contributed by atoms with Crippen LogP contribution in [0.3, 0.4) is 0 Å². The van der Waals surface area contributed by atoms with Gasteiger partial charge in [-0.3, -0.25) is 4.79 Å². The highest BCUT2D eigenvalue weighted by molar-refractivity contribution is 6.40. The van der Waals surface area contributed by atoms with Gasteiger partial charge in [-0.25, -0.2) is 0 Å². The van der Waals surface area contributed by atoms with Crippen LogP contribution in [0.4, 0.5) is 11.5 Å². The maximum absolute atomic E-state index is 11.6. The lowest BCUT2D eigenvalue weighted by molar-refractivity contribution is -0.107. The van der Waals surface area contributed by atoms with Crippen molar-refractivity contribution in [2.24, 2.45) is 0 Å². The zero-order valence-corrected chi connectivity index (χ0v) is 19.9. The van der Waals surface area contributed by atoms with E-state index in [4.69, 9.17) is 27.7 Å². The van der Waals surface area contributed by atoms with E-state index < -0.39 is 0 Å². The first kappa shape index (κ1) is 23.4. The molecule has 1 saturated heterocycles. The second-order valence-electron chi connectivity index (χ2n) is 7.93. The van der Waals surface area contributed by atoms with Crippen LogP contribution >= 0.6 is 23.2 Å². The van der Waals surface area contributed by atoms with Gasteiger partial charge in [-0.2, -0.15) is 0 Å². The fourth-order valence-corrected chi connectivity index (χ4v) is 4.66. The fraction of sp³-hybridized carbons (Fsp3) is 0.333. The average molecular weight is 489 g/mol. The summed E-state index contributed by atoms with van der Waals surface area (Å²) in [6.45, 7) is 6.04. The van der Waals surface area contributed by atoms with Crippen molar-refractivity contribution in [2.45, 2.75) is 19.8 Å². The molecule has 3 aromatic rings. The number of hydrogen-bond donors (Lipinski definition) is 2. The van der Waals surface area contributed by atoms with Gasteiger partial charge in [0.2, 0.25) is 6.41 Å². The molecule has 0 aliphatic carbocycles. The van der Waals surface area contributed by atoms with Crippen LogP contribution in [0.15, 0.2) is 40.9 Å². The molecular formula is C24H26Cl2N4O3. The summed E-state index contributed by atoms with van der Waals surface area (Å²) in [6.07, 6.45) is 2.51. The number of nitrogens with zero attached hydrogens (tertiary/aromatic N) is 3. The van der Waals surface area contributed by atoms with E-state index in [1.54, 1.807) is 24.3 Å². The largest absolute Gasteiger partial charge is 0.507 e. The summed E-state index contributed by atoms with van der Waals surface area (Å²) in [7, 11) is 0. The van der Waals surface area contributed by atoms with E-state index in [0.717, 1.165) is 51.2 Å². The van der Waals surface area contributed by atoms with Crippen LogP contribution in [0, 0.1) is 0 Å². The number of amides is 1. The van der Waals surface area contributed by atoms with E-state index in [-0.39, 0.29) is 5.75 Å². The summed E-state index contributed by atoms with van der Waals surface area (Å²) in [6, 6.07) is 10.6. The Balaban J connectivity index is 1.66. The Hall–Kier alpha value is -2.74. The van der Waals surface area contributed by atoms with Gasteiger partial charge >= 0.3 is 0 Å². The lowest BCUT2D eigenvalue weighted by atomic mass is 9.99. The molecule has 1 aromatic heterocycles. The summed E-state index contributed by atoms with van der Waals surface area (Å²) >= 11 is 13.1. The summed E-state index contributed by atoms with van der Waals surface area (Å²) in [5, 5.41) is 19.2. The van der Waals surface area contributed by atoms with Crippen LogP contribution in [0.1, 0.15) is 19.8 Å². The highest BCUT2D eigenvalue weighted by Gasteiger charge is 2.21. The first-order chi connectivity index (χ1) is 16.0. The Kier molecular flexibility index (Phi) is 7.42. The Bertz CT molecular complexity index is 1110. The minimum atomic E-state index is 0.0404. The van der Waals surface area contributed by atoms with Crippen molar-refractivity contribution in [3.05, 3.63) is 46.4 Å². The number of aromatic nitrogens is 1. The number of phenols is 1. The van der Waals surface area contributed by atoms with Crippen molar-refractivity contribution in [3.63, 3.8) is 0 Å². The van der Waals surface area contributed by atoms with Gasteiger partial charge in [0.1, 0.15) is 5.75 Å². The topological polar surface area (TPSA) is 81.8 Å². The summed E-state index contributed by atoms with van der Waals surface area (Å²) in [4.78, 5) is 15.2. The van der Waals surface area contributed by atoms with E-state index in [1.807, 2.05) is 19.1 Å². The average Bonchev–Trinajstić information content (AvgIpc) is 3.31. The molecule has 2 aromatic carbocycles. The van der Waals surface area contributed by atoms with Crippen LogP contribution in [-0.4, -0.2) is 49.4 Å². The molecule has 1 aliphatic rings. The second-order valence-corrected chi connectivity index (χ2v) is 8.74. The molecular weight excluding hydrogens is 463 g/mol. The molecule has 0 radical (unpaired) electrons. The van der Waals surface area contributed by atoms with E-state index >= 15 is 0 Å². The standard InChI is InChI=1S/C24H26Cl2N4O3/c1-2-3-9-30(15-31)23-19(25)12-16(13-20(23)26)17-5-4-6-18(24(17)32)21-14-22(28-33-21)29-10-7-27-8-11-29/h4-6,12-15,27,32H,2-3,7-11H2,1H3. The maximum Gasteiger partial charge on any atom is 0.214 e. The number of halogens is 2. The van der Waals surface area contributed by atoms with Crippen molar-refractivity contribution in [2.75, 3.05) is 42.5 Å². The number of hydrogen-bond acceptors (Lipinski definition) is 6. The molecule has 0 bridgehead atoms. The molecule has 2 N–H and O–H groups in total. The number of nitrogens with one attached hydrogen (secondary N) is 1.